The second-order valence-electron chi connectivity index (χ2n) is 5.10. The van der Waals surface area contributed by atoms with Crippen molar-refractivity contribution in [1.29, 1.82) is 0 Å². The molecule has 0 spiro atoms. The molecule has 1 aliphatic heterocycles. The fourth-order valence-corrected chi connectivity index (χ4v) is 1.98. The van der Waals surface area contributed by atoms with Crippen molar-refractivity contribution in [1.82, 2.24) is 4.90 Å². The van der Waals surface area contributed by atoms with E-state index in [0.29, 0.717) is 45.4 Å². The maximum Gasteiger partial charge on any atom is 0.222 e. The summed E-state index contributed by atoms with van der Waals surface area (Å²) in [6.07, 6.45) is 2.32. The molecule has 0 aromatic carbocycles. The Balaban J connectivity index is 2.36. The number of hydrogen-bond acceptors (Lipinski definition) is 4. The number of rotatable bonds is 5. The van der Waals surface area contributed by atoms with E-state index in [-0.39, 0.29) is 11.9 Å². The van der Waals surface area contributed by atoms with Crippen LogP contribution in [0.15, 0.2) is 0 Å². The lowest BCUT2D eigenvalue weighted by atomic mass is 9.94. The third-order valence-electron chi connectivity index (χ3n) is 3.19. The summed E-state index contributed by atoms with van der Waals surface area (Å²) in [4.78, 5) is 13.4. The highest BCUT2D eigenvalue weighted by Crippen LogP contribution is 2.21. The summed E-state index contributed by atoms with van der Waals surface area (Å²) in [6.45, 7) is 3.41. The first kappa shape index (κ1) is 14.4. The molecular formula is C12H24N2O3. The molecule has 1 aliphatic rings. The summed E-state index contributed by atoms with van der Waals surface area (Å²) < 4.78 is 5.21. The molecule has 0 radical (unpaired) electrons. The first-order chi connectivity index (χ1) is 7.93. The second kappa shape index (κ2) is 6.33. The molecule has 0 saturated carbocycles. The van der Waals surface area contributed by atoms with Gasteiger partial charge in [-0.3, -0.25) is 4.79 Å². The number of nitrogens with two attached hydrogens (primary N) is 1. The van der Waals surface area contributed by atoms with E-state index < -0.39 is 5.60 Å². The SMILES string of the molecule is CC(N)CCC(=O)N(C)CC1(O)CCOCC1. The van der Waals surface area contributed by atoms with Crippen molar-refractivity contribution in [2.75, 3.05) is 26.8 Å². The van der Waals surface area contributed by atoms with Gasteiger partial charge in [0.1, 0.15) is 0 Å². The molecular weight excluding hydrogens is 220 g/mol. The molecule has 1 fully saturated rings. The van der Waals surface area contributed by atoms with E-state index in [9.17, 15) is 9.90 Å². The molecule has 0 aromatic heterocycles. The highest BCUT2D eigenvalue weighted by atomic mass is 16.5. The third-order valence-corrected chi connectivity index (χ3v) is 3.19. The number of likely N-dealkylation sites (N-methyl/N-ethyl adjacent to an activating group) is 1. The second-order valence-corrected chi connectivity index (χ2v) is 5.10. The summed E-state index contributed by atoms with van der Waals surface area (Å²) in [5, 5.41) is 10.3. The standard InChI is InChI=1S/C12H24N2O3/c1-10(13)3-4-11(15)14(2)9-12(16)5-7-17-8-6-12/h10,16H,3-9,13H2,1-2H3. The van der Waals surface area contributed by atoms with Crippen molar-refractivity contribution >= 4 is 5.91 Å². The third kappa shape index (κ3) is 5.02. The van der Waals surface area contributed by atoms with Crippen LogP contribution in [0.3, 0.4) is 0 Å². The zero-order valence-electron chi connectivity index (χ0n) is 10.8. The van der Waals surface area contributed by atoms with Crippen molar-refractivity contribution in [2.24, 2.45) is 5.73 Å². The molecule has 0 bridgehead atoms. The van der Waals surface area contributed by atoms with Crippen LogP contribution in [-0.2, 0) is 9.53 Å². The quantitative estimate of drug-likeness (QED) is 0.720. The molecule has 0 aliphatic carbocycles. The van der Waals surface area contributed by atoms with Crippen LogP contribution in [0.2, 0.25) is 0 Å². The lowest BCUT2D eigenvalue weighted by molar-refractivity contribution is -0.136. The zero-order valence-corrected chi connectivity index (χ0v) is 10.8. The Labute approximate surface area is 103 Å². The minimum atomic E-state index is -0.781. The van der Waals surface area contributed by atoms with Gasteiger partial charge in [0.25, 0.3) is 0 Å². The number of hydrogen-bond donors (Lipinski definition) is 2. The van der Waals surface area contributed by atoms with E-state index in [1.165, 1.54) is 0 Å². The van der Waals surface area contributed by atoms with Crippen LogP contribution >= 0.6 is 0 Å². The molecule has 1 rings (SSSR count). The average Bonchev–Trinajstić information content (AvgIpc) is 2.26. The predicted octanol–water partition coefficient (Wildman–Crippen LogP) is 0.114. The van der Waals surface area contributed by atoms with Gasteiger partial charge in [-0.2, -0.15) is 0 Å². The number of amides is 1. The van der Waals surface area contributed by atoms with Crippen LogP contribution in [0.25, 0.3) is 0 Å². The van der Waals surface area contributed by atoms with Crippen LogP contribution in [0.1, 0.15) is 32.6 Å². The van der Waals surface area contributed by atoms with Crippen LogP contribution in [-0.4, -0.2) is 54.4 Å². The van der Waals surface area contributed by atoms with Crippen LogP contribution < -0.4 is 5.73 Å². The lowest BCUT2D eigenvalue weighted by Crippen LogP contribution is -2.47. The highest BCUT2D eigenvalue weighted by molar-refractivity contribution is 5.75. The summed E-state index contributed by atoms with van der Waals surface area (Å²) >= 11 is 0. The maximum atomic E-state index is 11.8. The smallest absolute Gasteiger partial charge is 0.222 e. The molecule has 3 N–H and O–H groups in total. The number of carbonyl (C=O) groups is 1. The van der Waals surface area contributed by atoms with Gasteiger partial charge < -0.3 is 20.5 Å². The Morgan fingerprint density at radius 3 is 2.65 bits per heavy atom. The van der Waals surface area contributed by atoms with Gasteiger partial charge in [0.15, 0.2) is 0 Å². The Morgan fingerprint density at radius 2 is 2.12 bits per heavy atom. The van der Waals surface area contributed by atoms with Gasteiger partial charge in [0, 0.05) is 52.1 Å². The summed E-state index contributed by atoms with van der Waals surface area (Å²) in [7, 11) is 1.73. The molecule has 1 amide bonds. The fourth-order valence-electron chi connectivity index (χ4n) is 1.98. The van der Waals surface area contributed by atoms with Crippen molar-refractivity contribution in [3.63, 3.8) is 0 Å². The van der Waals surface area contributed by atoms with Gasteiger partial charge in [-0.05, 0) is 13.3 Å². The van der Waals surface area contributed by atoms with Gasteiger partial charge in [-0.1, -0.05) is 0 Å². The normalized spacial score (nSPS) is 20.9. The Bertz CT molecular complexity index is 250. The van der Waals surface area contributed by atoms with Crippen LogP contribution in [0.5, 0.6) is 0 Å². The molecule has 1 atom stereocenters. The van der Waals surface area contributed by atoms with Crippen molar-refractivity contribution in [3.8, 4) is 0 Å². The van der Waals surface area contributed by atoms with Crippen molar-refractivity contribution < 1.29 is 14.6 Å². The number of nitrogens with zero attached hydrogens (tertiary/aromatic N) is 1. The first-order valence-corrected chi connectivity index (χ1v) is 6.23. The Morgan fingerprint density at radius 1 is 1.53 bits per heavy atom. The molecule has 0 aromatic rings. The topological polar surface area (TPSA) is 75.8 Å². The van der Waals surface area contributed by atoms with E-state index in [1.807, 2.05) is 6.92 Å². The number of aliphatic hydroxyl groups is 1. The summed E-state index contributed by atoms with van der Waals surface area (Å²) in [5.74, 6) is 0.0437. The number of carbonyl (C=O) groups excluding carboxylic acids is 1. The Hall–Kier alpha value is -0.650. The van der Waals surface area contributed by atoms with Gasteiger partial charge in [-0.25, -0.2) is 0 Å². The van der Waals surface area contributed by atoms with Gasteiger partial charge in [0.2, 0.25) is 5.91 Å². The monoisotopic (exact) mass is 244 g/mol. The van der Waals surface area contributed by atoms with Gasteiger partial charge in [-0.15, -0.1) is 0 Å². The average molecular weight is 244 g/mol. The highest BCUT2D eigenvalue weighted by Gasteiger charge is 2.32. The van der Waals surface area contributed by atoms with Crippen molar-refractivity contribution in [2.45, 2.75) is 44.2 Å². The van der Waals surface area contributed by atoms with E-state index in [4.69, 9.17) is 10.5 Å². The maximum absolute atomic E-state index is 11.8. The molecule has 100 valence electrons. The summed E-state index contributed by atoms with van der Waals surface area (Å²) in [5.41, 5.74) is 4.83. The predicted molar refractivity (Wildman–Crippen MR) is 65.5 cm³/mol. The van der Waals surface area contributed by atoms with E-state index in [1.54, 1.807) is 11.9 Å². The van der Waals surface area contributed by atoms with Gasteiger partial charge >= 0.3 is 0 Å². The molecule has 1 unspecified atom stereocenters. The van der Waals surface area contributed by atoms with E-state index in [0.717, 1.165) is 0 Å². The minimum Gasteiger partial charge on any atom is -0.388 e. The van der Waals surface area contributed by atoms with Gasteiger partial charge in [0.05, 0.1) is 5.60 Å². The fraction of sp³-hybridized carbons (Fsp3) is 0.917. The van der Waals surface area contributed by atoms with Crippen LogP contribution in [0, 0.1) is 0 Å². The Kier molecular flexibility index (Phi) is 5.36. The molecule has 5 heteroatoms. The molecule has 1 heterocycles. The van der Waals surface area contributed by atoms with Crippen molar-refractivity contribution in [3.05, 3.63) is 0 Å². The molecule has 5 nitrogen and oxygen atoms in total. The largest absolute Gasteiger partial charge is 0.388 e. The minimum absolute atomic E-state index is 0.0403. The van der Waals surface area contributed by atoms with E-state index in [2.05, 4.69) is 0 Å². The number of ether oxygens (including phenoxy) is 1. The molecule has 17 heavy (non-hydrogen) atoms. The van der Waals surface area contributed by atoms with Crippen LogP contribution in [0.4, 0.5) is 0 Å². The zero-order chi connectivity index (χ0) is 12.9. The van der Waals surface area contributed by atoms with E-state index >= 15 is 0 Å². The molecule has 1 saturated heterocycles. The summed E-state index contributed by atoms with van der Waals surface area (Å²) in [6, 6.07) is 0.0403. The lowest BCUT2D eigenvalue weighted by Gasteiger charge is -2.35. The first-order valence-electron chi connectivity index (χ1n) is 6.23.